The number of carboxylic acids is 1. The van der Waals surface area contributed by atoms with E-state index in [4.69, 9.17) is 9.84 Å². The molecule has 2 N–H and O–H groups in total. The molecule has 0 rings (SSSR count). The fourth-order valence-corrected chi connectivity index (χ4v) is 1.58. The lowest BCUT2D eigenvalue weighted by molar-refractivity contribution is -0.138. The van der Waals surface area contributed by atoms with Gasteiger partial charge < -0.3 is 14.9 Å². The molecule has 5 nitrogen and oxygen atoms in total. The maximum Gasteiger partial charge on any atom is 0.304 e. The lowest BCUT2D eigenvalue weighted by Gasteiger charge is -2.28. The van der Waals surface area contributed by atoms with Gasteiger partial charge in [0.2, 0.25) is 0 Å². The Morgan fingerprint density at radius 2 is 2.06 bits per heavy atom. The van der Waals surface area contributed by atoms with Crippen LogP contribution in [-0.2, 0) is 9.53 Å². The first-order valence-corrected chi connectivity index (χ1v) is 5.72. The molecule has 0 aliphatic heterocycles. The number of carboxylic acid groups (broad SMARTS) is 1. The van der Waals surface area contributed by atoms with E-state index in [-0.39, 0.29) is 12.5 Å². The largest absolute Gasteiger partial charge is 0.481 e. The highest BCUT2D eigenvalue weighted by Gasteiger charge is 2.18. The second-order valence-corrected chi connectivity index (χ2v) is 3.85. The molecular formula is C11H23NO4. The van der Waals surface area contributed by atoms with E-state index in [1.54, 1.807) is 0 Å². The maximum atomic E-state index is 10.6. The Bertz CT molecular complexity index is 198. The van der Waals surface area contributed by atoms with Crippen molar-refractivity contribution in [3.8, 4) is 0 Å². The van der Waals surface area contributed by atoms with Crippen LogP contribution in [0.2, 0.25) is 0 Å². The number of aliphatic carboxylic acids is 1. The molecule has 0 heterocycles. The van der Waals surface area contributed by atoms with Gasteiger partial charge in [-0.25, -0.2) is 0 Å². The van der Waals surface area contributed by atoms with Gasteiger partial charge >= 0.3 is 5.97 Å². The molecule has 0 aromatic heterocycles. The van der Waals surface area contributed by atoms with E-state index in [1.807, 2.05) is 25.7 Å². The summed E-state index contributed by atoms with van der Waals surface area (Å²) in [6.45, 7) is 7.72. The van der Waals surface area contributed by atoms with Gasteiger partial charge in [0.05, 0.1) is 19.1 Å². The van der Waals surface area contributed by atoms with Crippen LogP contribution in [0.1, 0.15) is 27.2 Å². The number of nitrogens with zero attached hydrogens (tertiary/aromatic N) is 1. The predicted molar refractivity (Wildman–Crippen MR) is 61.5 cm³/mol. The number of ether oxygens (including phenoxy) is 1. The molecule has 0 saturated heterocycles. The fourth-order valence-electron chi connectivity index (χ4n) is 1.58. The Morgan fingerprint density at radius 1 is 1.44 bits per heavy atom. The third-order valence-corrected chi connectivity index (χ3v) is 2.46. The normalized spacial score (nSPS) is 15.1. The minimum absolute atomic E-state index is 0.0706. The quantitative estimate of drug-likeness (QED) is 0.609. The summed E-state index contributed by atoms with van der Waals surface area (Å²) < 4.78 is 5.11. The number of hydrogen-bond donors (Lipinski definition) is 2. The SMILES string of the molecule is CCOCC(O)CN(CC)C(C)CC(=O)O. The van der Waals surface area contributed by atoms with Crippen molar-refractivity contribution in [2.45, 2.75) is 39.3 Å². The Balaban J connectivity index is 4.02. The third-order valence-electron chi connectivity index (χ3n) is 2.46. The highest BCUT2D eigenvalue weighted by molar-refractivity contribution is 5.67. The number of aliphatic hydroxyl groups excluding tert-OH is 1. The van der Waals surface area contributed by atoms with Gasteiger partial charge in [0.15, 0.2) is 0 Å². The lowest BCUT2D eigenvalue weighted by atomic mass is 10.2. The van der Waals surface area contributed by atoms with Gasteiger partial charge in [-0.3, -0.25) is 9.69 Å². The summed E-state index contributed by atoms with van der Waals surface area (Å²) in [5.74, 6) is -0.815. The summed E-state index contributed by atoms with van der Waals surface area (Å²) in [6, 6.07) is -0.0706. The van der Waals surface area contributed by atoms with Crippen LogP contribution in [0.5, 0.6) is 0 Å². The molecule has 96 valence electrons. The van der Waals surface area contributed by atoms with E-state index in [1.165, 1.54) is 0 Å². The average molecular weight is 233 g/mol. The molecule has 0 saturated carbocycles. The van der Waals surface area contributed by atoms with Gasteiger partial charge in [-0.05, 0) is 20.4 Å². The first kappa shape index (κ1) is 15.3. The summed E-state index contributed by atoms with van der Waals surface area (Å²) in [7, 11) is 0. The van der Waals surface area contributed by atoms with Crippen LogP contribution in [-0.4, -0.2) is 59.5 Å². The minimum Gasteiger partial charge on any atom is -0.481 e. The zero-order valence-corrected chi connectivity index (χ0v) is 10.3. The smallest absolute Gasteiger partial charge is 0.304 e. The van der Waals surface area contributed by atoms with E-state index >= 15 is 0 Å². The molecule has 2 atom stereocenters. The Labute approximate surface area is 97.0 Å². The molecule has 0 fully saturated rings. The number of hydrogen-bond acceptors (Lipinski definition) is 4. The van der Waals surface area contributed by atoms with Crippen LogP contribution >= 0.6 is 0 Å². The molecule has 5 heteroatoms. The Morgan fingerprint density at radius 3 is 2.50 bits per heavy atom. The first-order chi connectivity index (χ1) is 7.51. The van der Waals surface area contributed by atoms with E-state index in [2.05, 4.69) is 0 Å². The van der Waals surface area contributed by atoms with Gasteiger partial charge in [0.25, 0.3) is 0 Å². The molecule has 0 bridgehead atoms. The standard InChI is InChI=1S/C11H23NO4/c1-4-12(9(3)6-11(14)15)7-10(13)8-16-5-2/h9-10,13H,4-8H2,1-3H3,(H,14,15). The summed E-state index contributed by atoms with van der Waals surface area (Å²) in [5.41, 5.74) is 0. The Kier molecular flexibility index (Phi) is 8.15. The van der Waals surface area contributed by atoms with Crippen molar-refractivity contribution in [2.24, 2.45) is 0 Å². The van der Waals surface area contributed by atoms with Crippen LogP contribution in [0.3, 0.4) is 0 Å². The van der Waals surface area contributed by atoms with Crippen molar-refractivity contribution in [1.29, 1.82) is 0 Å². The van der Waals surface area contributed by atoms with Gasteiger partial charge in [0, 0.05) is 19.2 Å². The van der Waals surface area contributed by atoms with Crippen LogP contribution in [0.15, 0.2) is 0 Å². The summed E-state index contributed by atoms with van der Waals surface area (Å²) >= 11 is 0. The second kappa shape index (κ2) is 8.50. The van der Waals surface area contributed by atoms with E-state index < -0.39 is 12.1 Å². The lowest BCUT2D eigenvalue weighted by Crippen LogP contribution is -2.41. The highest BCUT2D eigenvalue weighted by Crippen LogP contribution is 2.05. The summed E-state index contributed by atoms with van der Waals surface area (Å²) in [4.78, 5) is 12.5. The van der Waals surface area contributed by atoms with Crippen LogP contribution < -0.4 is 0 Å². The van der Waals surface area contributed by atoms with Crippen molar-refractivity contribution in [3.63, 3.8) is 0 Å². The molecule has 2 unspecified atom stereocenters. The molecule has 0 aromatic carbocycles. The monoisotopic (exact) mass is 233 g/mol. The van der Waals surface area contributed by atoms with Crippen molar-refractivity contribution >= 4 is 5.97 Å². The topological polar surface area (TPSA) is 70.0 Å². The minimum atomic E-state index is -0.815. The zero-order valence-electron chi connectivity index (χ0n) is 10.3. The van der Waals surface area contributed by atoms with E-state index in [9.17, 15) is 9.90 Å². The van der Waals surface area contributed by atoms with Gasteiger partial charge in [-0.15, -0.1) is 0 Å². The van der Waals surface area contributed by atoms with Crippen molar-refractivity contribution in [1.82, 2.24) is 4.90 Å². The molecule has 16 heavy (non-hydrogen) atoms. The fraction of sp³-hybridized carbons (Fsp3) is 0.909. The van der Waals surface area contributed by atoms with Gasteiger partial charge in [-0.2, -0.15) is 0 Å². The molecule has 0 spiro atoms. The second-order valence-electron chi connectivity index (χ2n) is 3.85. The van der Waals surface area contributed by atoms with Crippen LogP contribution in [0.25, 0.3) is 0 Å². The van der Waals surface area contributed by atoms with Gasteiger partial charge in [-0.1, -0.05) is 6.92 Å². The van der Waals surface area contributed by atoms with E-state index in [0.717, 1.165) is 6.54 Å². The van der Waals surface area contributed by atoms with Crippen molar-refractivity contribution in [2.75, 3.05) is 26.3 Å². The zero-order chi connectivity index (χ0) is 12.6. The summed E-state index contributed by atoms with van der Waals surface area (Å²) in [6.07, 6.45) is -0.467. The predicted octanol–water partition coefficient (Wildman–Crippen LogP) is 0.569. The van der Waals surface area contributed by atoms with Crippen LogP contribution in [0, 0.1) is 0 Å². The molecule has 0 radical (unpaired) electrons. The maximum absolute atomic E-state index is 10.6. The molecule has 0 aromatic rings. The average Bonchev–Trinajstić information content (AvgIpc) is 2.21. The summed E-state index contributed by atoms with van der Waals surface area (Å²) in [5, 5.41) is 18.3. The number of rotatable bonds is 9. The van der Waals surface area contributed by atoms with Crippen molar-refractivity contribution < 1.29 is 19.7 Å². The van der Waals surface area contributed by atoms with Gasteiger partial charge in [0.1, 0.15) is 0 Å². The number of carbonyl (C=O) groups is 1. The molecule has 0 amide bonds. The highest BCUT2D eigenvalue weighted by atomic mass is 16.5. The Hall–Kier alpha value is -0.650. The molecule has 0 aliphatic rings. The molecular weight excluding hydrogens is 210 g/mol. The first-order valence-electron chi connectivity index (χ1n) is 5.72. The third kappa shape index (κ3) is 6.76. The van der Waals surface area contributed by atoms with E-state index in [0.29, 0.717) is 19.8 Å². The molecule has 0 aliphatic carbocycles. The number of aliphatic hydroxyl groups is 1. The number of likely N-dealkylation sites (N-methyl/N-ethyl adjacent to an activating group) is 1. The van der Waals surface area contributed by atoms with Crippen LogP contribution in [0.4, 0.5) is 0 Å². The van der Waals surface area contributed by atoms with Crippen molar-refractivity contribution in [3.05, 3.63) is 0 Å².